The van der Waals surface area contributed by atoms with E-state index in [1.807, 2.05) is 14.0 Å². The Labute approximate surface area is 74.8 Å². The van der Waals surface area contributed by atoms with E-state index in [1.54, 1.807) is 0 Å². The highest BCUT2D eigenvalue weighted by Crippen LogP contribution is 2.12. The molecular formula is C8H17NO2Si. The monoisotopic (exact) mass is 187 g/mol. The molecule has 0 heterocycles. The molecule has 70 valence electrons. The van der Waals surface area contributed by atoms with Crippen LogP contribution in [0.3, 0.4) is 0 Å². The van der Waals surface area contributed by atoms with Crippen molar-refractivity contribution in [2.75, 3.05) is 7.05 Å². The van der Waals surface area contributed by atoms with Crippen LogP contribution in [0.5, 0.6) is 0 Å². The molecule has 0 amide bonds. The van der Waals surface area contributed by atoms with Crippen molar-refractivity contribution in [3.8, 4) is 0 Å². The molecule has 3 nitrogen and oxygen atoms in total. The number of hydrogen-bond acceptors (Lipinski definition) is 2. The van der Waals surface area contributed by atoms with Crippen LogP contribution < -0.4 is 0 Å². The summed E-state index contributed by atoms with van der Waals surface area (Å²) in [6.45, 7) is 8.34. The van der Waals surface area contributed by atoms with Gasteiger partial charge in [0, 0.05) is 11.8 Å². The molecule has 1 N–H and O–H groups in total. The second-order valence-corrected chi connectivity index (χ2v) is 8.87. The molecule has 0 aromatic rings. The smallest absolute Gasteiger partial charge is 0.330 e. The summed E-state index contributed by atoms with van der Waals surface area (Å²) in [4.78, 5) is 10.4. The molecule has 0 aromatic heterocycles. The maximum atomic E-state index is 10.4. The minimum absolute atomic E-state index is 0.821. The molecule has 0 radical (unpaired) electrons. The van der Waals surface area contributed by atoms with E-state index >= 15 is 0 Å². The van der Waals surface area contributed by atoms with Gasteiger partial charge < -0.3 is 9.67 Å². The van der Waals surface area contributed by atoms with Gasteiger partial charge in [-0.2, -0.15) is 0 Å². The van der Waals surface area contributed by atoms with Crippen molar-refractivity contribution in [3.63, 3.8) is 0 Å². The lowest BCUT2D eigenvalue weighted by Crippen LogP contribution is -2.41. The van der Waals surface area contributed by atoms with Gasteiger partial charge in [0.05, 0.1) is 0 Å². The maximum Gasteiger partial charge on any atom is 0.330 e. The zero-order valence-electron chi connectivity index (χ0n) is 8.38. The molecule has 0 fully saturated rings. The van der Waals surface area contributed by atoms with Crippen molar-refractivity contribution in [2.24, 2.45) is 0 Å². The first-order chi connectivity index (χ1) is 5.25. The summed E-state index contributed by atoms with van der Waals surface area (Å²) < 4.78 is 2.07. The first kappa shape index (κ1) is 11.2. The number of allylic oxidation sites excluding steroid dienone is 1. The molecular weight excluding hydrogens is 170 g/mol. The Morgan fingerprint density at radius 3 is 2.08 bits per heavy atom. The lowest BCUT2D eigenvalue weighted by molar-refractivity contribution is -0.131. The van der Waals surface area contributed by atoms with Crippen LogP contribution in [0.2, 0.25) is 19.6 Å². The standard InChI is InChI=1S/C8H17NO2Si/c1-7(6-8(10)11)9(2)12(3,4)5/h6H,1-5H3,(H,10,11). The van der Waals surface area contributed by atoms with Crippen LogP contribution in [0.15, 0.2) is 11.8 Å². The summed E-state index contributed by atoms with van der Waals surface area (Å²) in [7, 11) is 0.557. The van der Waals surface area contributed by atoms with Gasteiger partial charge in [-0.1, -0.05) is 19.6 Å². The topological polar surface area (TPSA) is 40.5 Å². The molecule has 0 aliphatic carbocycles. The third-order valence-corrected chi connectivity index (χ3v) is 4.23. The number of carbonyl (C=O) groups is 1. The van der Waals surface area contributed by atoms with E-state index in [4.69, 9.17) is 5.11 Å². The lowest BCUT2D eigenvalue weighted by Gasteiger charge is -2.32. The van der Waals surface area contributed by atoms with Gasteiger partial charge in [-0.3, -0.25) is 0 Å². The summed E-state index contributed by atoms with van der Waals surface area (Å²) >= 11 is 0. The highest BCUT2D eigenvalue weighted by Gasteiger charge is 2.20. The largest absolute Gasteiger partial charge is 0.478 e. The van der Waals surface area contributed by atoms with Gasteiger partial charge in [0.25, 0.3) is 0 Å². The van der Waals surface area contributed by atoms with Crippen LogP contribution >= 0.6 is 0 Å². The third kappa shape index (κ3) is 3.57. The van der Waals surface area contributed by atoms with Crippen molar-refractivity contribution in [1.82, 2.24) is 4.57 Å². The van der Waals surface area contributed by atoms with Crippen LogP contribution in [0.25, 0.3) is 0 Å². The third-order valence-electron chi connectivity index (χ3n) is 1.87. The van der Waals surface area contributed by atoms with Crippen molar-refractivity contribution in [1.29, 1.82) is 0 Å². The highest BCUT2D eigenvalue weighted by molar-refractivity contribution is 6.73. The van der Waals surface area contributed by atoms with Crippen molar-refractivity contribution < 1.29 is 9.90 Å². The number of aliphatic carboxylic acids is 1. The minimum Gasteiger partial charge on any atom is -0.478 e. The number of nitrogens with zero attached hydrogens (tertiary/aromatic N) is 1. The summed E-state index contributed by atoms with van der Waals surface area (Å²) in [5.74, 6) is -0.877. The predicted molar refractivity (Wildman–Crippen MR) is 52.5 cm³/mol. The molecule has 0 unspecified atom stereocenters. The SMILES string of the molecule is CC(=CC(=O)O)N(C)[Si](C)(C)C. The fraction of sp³-hybridized carbons (Fsp3) is 0.625. The number of hydrogen-bond donors (Lipinski definition) is 1. The molecule has 0 saturated heterocycles. The Morgan fingerprint density at radius 2 is 1.83 bits per heavy atom. The predicted octanol–water partition coefficient (Wildman–Crippen LogP) is 1.74. The van der Waals surface area contributed by atoms with Gasteiger partial charge in [0.1, 0.15) is 8.24 Å². The lowest BCUT2D eigenvalue weighted by atomic mass is 10.4. The summed E-state index contributed by atoms with van der Waals surface area (Å²) in [6, 6.07) is 0. The summed E-state index contributed by atoms with van der Waals surface area (Å²) in [5.41, 5.74) is 0.821. The molecule has 12 heavy (non-hydrogen) atoms. The van der Waals surface area contributed by atoms with Gasteiger partial charge in [0.2, 0.25) is 0 Å². The Kier molecular flexibility index (Phi) is 3.51. The van der Waals surface area contributed by atoms with E-state index in [9.17, 15) is 4.79 Å². The fourth-order valence-electron chi connectivity index (χ4n) is 0.805. The van der Waals surface area contributed by atoms with Crippen LogP contribution in [-0.4, -0.2) is 30.9 Å². The molecule has 0 atom stereocenters. The van der Waals surface area contributed by atoms with E-state index in [1.165, 1.54) is 6.08 Å². The number of rotatable bonds is 3. The van der Waals surface area contributed by atoms with Crippen LogP contribution in [0, 0.1) is 0 Å². The minimum atomic E-state index is -1.39. The van der Waals surface area contributed by atoms with Gasteiger partial charge in [0.15, 0.2) is 0 Å². The normalized spacial score (nSPS) is 12.9. The zero-order valence-corrected chi connectivity index (χ0v) is 9.38. The van der Waals surface area contributed by atoms with Gasteiger partial charge in [-0.05, 0) is 14.0 Å². The molecule has 0 aliphatic rings. The fourth-order valence-corrected chi connectivity index (χ4v) is 1.93. The highest BCUT2D eigenvalue weighted by atomic mass is 28.3. The van der Waals surface area contributed by atoms with E-state index < -0.39 is 14.2 Å². The van der Waals surface area contributed by atoms with E-state index in [0.29, 0.717) is 0 Å². The zero-order chi connectivity index (χ0) is 9.94. The van der Waals surface area contributed by atoms with E-state index in [0.717, 1.165) is 5.70 Å². The van der Waals surface area contributed by atoms with Crippen molar-refractivity contribution in [2.45, 2.75) is 26.6 Å². The van der Waals surface area contributed by atoms with Crippen molar-refractivity contribution in [3.05, 3.63) is 11.8 Å². The van der Waals surface area contributed by atoms with Crippen LogP contribution in [-0.2, 0) is 4.79 Å². The quantitative estimate of drug-likeness (QED) is 0.540. The average molecular weight is 187 g/mol. The van der Waals surface area contributed by atoms with E-state index in [2.05, 4.69) is 24.2 Å². The van der Waals surface area contributed by atoms with Gasteiger partial charge >= 0.3 is 5.97 Å². The summed E-state index contributed by atoms with van der Waals surface area (Å²) in [5, 5.41) is 8.51. The molecule has 0 bridgehead atoms. The summed E-state index contributed by atoms with van der Waals surface area (Å²) in [6.07, 6.45) is 1.25. The first-order valence-electron chi connectivity index (χ1n) is 3.90. The van der Waals surface area contributed by atoms with Crippen molar-refractivity contribution >= 4 is 14.2 Å². The van der Waals surface area contributed by atoms with Gasteiger partial charge in [-0.15, -0.1) is 0 Å². The molecule has 0 aliphatic heterocycles. The van der Waals surface area contributed by atoms with Crippen LogP contribution in [0.4, 0.5) is 0 Å². The molecule has 4 heteroatoms. The Hall–Kier alpha value is -0.773. The maximum absolute atomic E-state index is 10.4. The number of carboxylic acids is 1. The van der Waals surface area contributed by atoms with Gasteiger partial charge in [-0.25, -0.2) is 4.79 Å². The molecule has 0 aromatic carbocycles. The van der Waals surface area contributed by atoms with E-state index in [-0.39, 0.29) is 0 Å². The Balaban J connectivity index is 4.50. The second-order valence-electron chi connectivity index (χ2n) is 3.85. The Bertz CT molecular complexity index is 206. The van der Waals surface area contributed by atoms with Crippen LogP contribution in [0.1, 0.15) is 6.92 Å². The molecule has 0 rings (SSSR count). The first-order valence-corrected chi connectivity index (χ1v) is 7.35. The Morgan fingerprint density at radius 1 is 1.42 bits per heavy atom. The average Bonchev–Trinajstić information content (AvgIpc) is 1.82. The number of carboxylic acid groups (broad SMARTS) is 1. The molecule has 0 saturated carbocycles. The molecule has 0 spiro atoms. The second kappa shape index (κ2) is 3.76.